The van der Waals surface area contributed by atoms with Crippen LogP contribution in [0.25, 0.3) is 11.3 Å². The van der Waals surface area contributed by atoms with Crippen LogP contribution >= 0.6 is 0 Å². The van der Waals surface area contributed by atoms with Gasteiger partial charge in [0.15, 0.2) is 11.5 Å². The normalized spacial score (nSPS) is 18.0. The van der Waals surface area contributed by atoms with E-state index in [9.17, 15) is 14.0 Å². The molecule has 3 aliphatic heterocycles. The topological polar surface area (TPSA) is 83.0 Å². The Kier molecular flexibility index (Phi) is 7.45. The maximum atomic E-state index is 13.5. The number of nitrogens with one attached hydrogen (secondary N) is 2. The molecule has 39 heavy (non-hydrogen) atoms. The van der Waals surface area contributed by atoms with Gasteiger partial charge in [0.25, 0.3) is 11.8 Å². The molecule has 2 N–H and O–H groups in total. The molecule has 1 atom stereocenters. The lowest BCUT2D eigenvalue weighted by Gasteiger charge is -2.26. The number of carbonyl (C=O) groups is 2. The number of hydrogen-bond donors (Lipinski definition) is 2. The number of benzene rings is 2. The van der Waals surface area contributed by atoms with Crippen molar-refractivity contribution in [1.29, 1.82) is 0 Å². The summed E-state index contributed by atoms with van der Waals surface area (Å²) in [6.45, 7) is 5.64. The maximum absolute atomic E-state index is 13.5. The SMILES string of the molecule is CNC(=O)C1=C(c2ccc(F)cc2)OC2=CC=C(c3ccc(C4C=CC=NC4)c(C(=O)NCC(C)C)c3)CN21. The third-order valence-electron chi connectivity index (χ3n) is 6.84. The average molecular weight is 527 g/mol. The monoisotopic (exact) mass is 526 g/mol. The van der Waals surface area contributed by atoms with Crippen LogP contribution < -0.4 is 10.6 Å². The van der Waals surface area contributed by atoms with Crippen molar-refractivity contribution in [3.05, 3.63) is 106 Å². The molecule has 0 radical (unpaired) electrons. The first-order chi connectivity index (χ1) is 18.9. The lowest BCUT2D eigenvalue weighted by Crippen LogP contribution is -2.32. The first kappa shape index (κ1) is 26.2. The zero-order valence-electron chi connectivity index (χ0n) is 22.2. The minimum atomic E-state index is -0.369. The maximum Gasteiger partial charge on any atom is 0.271 e. The van der Waals surface area contributed by atoms with E-state index in [0.29, 0.717) is 54.0 Å². The highest BCUT2D eigenvalue weighted by molar-refractivity contribution is 6.01. The molecule has 2 aromatic rings. The largest absolute Gasteiger partial charge is 0.438 e. The molecule has 5 rings (SSSR count). The number of allylic oxidation sites excluding steroid dienone is 3. The molecule has 2 aromatic carbocycles. The molecule has 0 aliphatic carbocycles. The van der Waals surface area contributed by atoms with Gasteiger partial charge in [-0.25, -0.2) is 4.39 Å². The highest BCUT2D eigenvalue weighted by Crippen LogP contribution is 2.39. The van der Waals surface area contributed by atoms with Crippen LogP contribution in [0.2, 0.25) is 0 Å². The van der Waals surface area contributed by atoms with E-state index in [-0.39, 0.29) is 23.5 Å². The van der Waals surface area contributed by atoms with Gasteiger partial charge >= 0.3 is 0 Å². The van der Waals surface area contributed by atoms with E-state index < -0.39 is 0 Å². The van der Waals surface area contributed by atoms with Crippen molar-refractivity contribution in [2.24, 2.45) is 10.9 Å². The molecule has 0 saturated heterocycles. The summed E-state index contributed by atoms with van der Waals surface area (Å²) < 4.78 is 19.6. The number of nitrogens with zero attached hydrogens (tertiary/aromatic N) is 2. The predicted octanol–water partition coefficient (Wildman–Crippen LogP) is 4.62. The fraction of sp³-hybridized carbons (Fsp3) is 0.258. The van der Waals surface area contributed by atoms with E-state index >= 15 is 0 Å². The van der Waals surface area contributed by atoms with E-state index in [1.165, 1.54) is 12.1 Å². The molecule has 0 spiro atoms. The number of ether oxygens (including phenoxy) is 1. The van der Waals surface area contributed by atoms with E-state index in [1.54, 1.807) is 30.3 Å². The zero-order valence-corrected chi connectivity index (χ0v) is 22.2. The number of amides is 2. The molecule has 3 aliphatic rings. The van der Waals surface area contributed by atoms with Crippen LogP contribution in [-0.2, 0) is 9.53 Å². The lowest BCUT2D eigenvalue weighted by atomic mass is 9.89. The highest BCUT2D eigenvalue weighted by Gasteiger charge is 2.36. The number of likely N-dealkylation sites (N-methyl/N-ethyl adjacent to an activating group) is 1. The summed E-state index contributed by atoms with van der Waals surface area (Å²) in [5.74, 6) is 0.413. The van der Waals surface area contributed by atoms with Crippen LogP contribution in [0.1, 0.15) is 46.8 Å². The van der Waals surface area contributed by atoms with Gasteiger partial charge in [0.05, 0.1) is 6.54 Å². The van der Waals surface area contributed by atoms with Crippen molar-refractivity contribution in [2.75, 3.05) is 26.7 Å². The molecule has 7 nitrogen and oxygen atoms in total. The molecule has 3 heterocycles. The second-order valence-electron chi connectivity index (χ2n) is 10.1. The lowest BCUT2D eigenvalue weighted by molar-refractivity contribution is -0.118. The zero-order chi connectivity index (χ0) is 27.5. The Morgan fingerprint density at radius 3 is 2.56 bits per heavy atom. The Balaban J connectivity index is 1.49. The number of halogens is 1. The molecule has 0 aromatic heterocycles. The van der Waals surface area contributed by atoms with Crippen LogP contribution in [-0.4, -0.2) is 49.6 Å². The second-order valence-corrected chi connectivity index (χ2v) is 10.1. The highest BCUT2D eigenvalue weighted by atomic mass is 19.1. The van der Waals surface area contributed by atoms with Crippen LogP contribution in [0.5, 0.6) is 0 Å². The Labute approximate surface area is 227 Å². The number of dihydropyridines is 1. The minimum absolute atomic E-state index is 0.0173. The molecule has 200 valence electrons. The summed E-state index contributed by atoms with van der Waals surface area (Å²) in [6.07, 6.45) is 9.50. The first-order valence-electron chi connectivity index (χ1n) is 13.0. The summed E-state index contributed by atoms with van der Waals surface area (Å²) >= 11 is 0. The third-order valence-corrected chi connectivity index (χ3v) is 6.84. The van der Waals surface area contributed by atoms with Crippen LogP contribution in [0, 0.1) is 11.7 Å². The number of carbonyl (C=O) groups excluding carboxylic acids is 2. The number of aliphatic imine (C=N–C) groups is 1. The molecule has 2 amide bonds. The standard InChI is InChI=1S/C31H31FN4O3/c1-19(2)16-35-30(37)26-15-21(8-12-25(26)22-5-4-14-34-17-22)23-9-13-27-36(18-23)28(31(38)33-3)29(39-27)20-6-10-24(32)11-7-20/h4-15,19,22H,16-18H2,1-3H3,(H,33,38)(H,35,37). The Bertz CT molecular complexity index is 1450. The number of rotatable bonds is 7. The summed E-state index contributed by atoms with van der Waals surface area (Å²) in [5, 5.41) is 5.74. The fourth-order valence-corrected chi connectivity index (χ4v) is 4.80. The number of hydrogen-bond acceptors (Lipinski definition) is 5. The van der Waals surface area contributed by atoms with E-state index in [4.69, 9.17) is 4.74 Å². The molecule has 1 unspecified atom stereocenters. The van der Waals surface area contributed by atoms with E-state index in [0.717, 1.165) is 16.7 Å². The minimum Gasteiger partial charge on any atom is -0.438 e. The second kappa shape index (κ2) is 11.1. The Hall–Kier alpha value is -4.46. The fourth-order valence-electron chi connectivity index (χ4n) is 4.80. The van der Waals surface area contributed by atoms with E-state index in [1.807, 2.05) is 36.4 Å². The number of fused-ring (bicyclic) bond motifs is 1. The van der Waals surface area contributed by atoms with Gasteiger partial charge in [0.2, 0.25) is 5.88 Å². The van der Waals surface area contributed by atoms with E-state index in [2.05, 4.69) is 35.5 Å². The Morgan fingerprint density at radius 1 is 1.10 bits per heavy atom. The summed E-state index contributed by atoms with van der Waals surface area (Å²) in [6, 6.07) is 11.8. The summed E-state index contributed by atoms with van der Waals surface area (Å²) in [4.78, 5) is 32.5. The van der Waals surface area contributed by atoms with Crippen molar-refractivity contribution in [2.45, 2.75) is 19.8 Å². The van der Waals surface area contributed by atoms with Crippen LogP contribution in [0.3, 0.4) is 0 Å². The molecule has 0 bridgehead atoms. The van der Waals surface area contributed by atoms with Crippen molar-refractivity contribution in [3.63, 3.8) is 0 Å². The average Bonchev–Trinajstić information content (AvgIpc) is 3.34. The molecular formula is C31H31FN4O3. The van der Waals surface area contributed by atoms with Gasteiger partial charge in [-0.15, -0.1) is 0 Å². The van der Waals surface area contributed by atoms with Gasteiger partial charge < -0.3 is 15.4 Å². The summed E-state index contributed by atoms with van der Waals surface area (Å²) in [7, 11) is 1.56. The van der Waals surface area contributed by atoms with Crippen molar-refractivity contribution in [1.82, 2.24) is 15.5 Å². The smallest absolute Gasteiger partial charge is 0.271 e. The van der Waals surface area contributed by atoms with Gasteiger partial charge in [0, 0.05) is 43.4 Å². The van der Waals surface area contributed by atoms with Gasteiger partial charge in [-0.1, -0.05) is 38.1 Å². The van der Waals surface area contributed by atoms with Gasteiger partial charge in [-0.3, -0.25) is 19.5 Å². The van der Waals surface area contributed by atoms with Gasteiger partial charge in [-0.2, -0.15) is 0 Å². The third kappa shape index (κ3) is 5.41. The van der Waals surface area contributed by atoms with Crippen molar-refractivity contribution in [3.8, 4) is 0 Å². The predicted molar refractivity (Wildman–Crippen MR) is 150 cm³/mol. The quantitative estimate of drug-likeness (QED) is 0.552. The van der Waals surface area contributed by atoms with Gasteiger partial charge in [0.1, 0.15) is 5.82 Å². The van der Waals surface area contributed by atoms with Crippen LogP contribution in [0.15, 0.2) is 83.3 Å². The van der Waals surface area contributed by atoms with Crippen molar-refractivity contribution >= 4 is 29.4 Å². The molecule has 0 saturated carbocycles. The van der Waals surface area contributed by atoms with Crippen LogP contribution in [0.4, 0.5) is 4.39 Å². The summed E-state index contributed by atoms with van der Waals surface area (Å²) in [5.41, 5.74) is 4.28. The molecular weight excluding hydrogens is 495 g/mol. The molecule has 8 heteroatoms. The Morgan fingerprint density at radius 2 is 1.87 bits per heavy atom. The van der Waals surface area contributed by atoms with Crippen molar-refractivity contribution < 1.29 is 18.7 Å². The first-order valence-corrected chi connectivity index (χ1v) is 13.0. The van der Waals surface area contributed by atoms with Gasteiger partial charge in [-0.05, 0) is 65.1 Å². The molecule has 0 fully saturated rings.